The van der Waals surface area contributed by atoms with Crippen LogP contribution in [-0.4, -0.2) is 36.5 Å². The molecule has 0 amide bonds. The van der Waals surface area contributed by atoms with E-state index in [-0.39, 0.29) is 0 Å². The Labute approximate surface area is 105 Å². The summed E-state index contributed by atoms with van der Waals surface area (Å²) in [6, 6.07) is 0.693. The van der Waals surface area contributed by atoms with Crippen LogP contribution in [0.15, 0.2) is 4.99 Å². The van der Waals surface area contributed by atoms with Gasteiger partial charge in [-0.3, -0.25) is 4.99 Å². The summed E-state index contributed by atoms with van der Waals surface area (Å²) >= 11 is 0. The number of likely N-dealkylation sites (tertiary alicyclic amines) is 1. The number of aliphatic imine (C=N–C) groups is 1. The van der Waals surface area contributed by atoms with Crippen molar-refractivity contribution in [2.24, 2.45) is 16.3 Å². The molecule has 3 rings (SSSR count). The predicted molar refractivity (Wildman–Crippen MR) is 71.2 cm³/mol. The SMILES string of the molecule is CCN=C(NC1CC1C)N1CCC2(CCC2)C1. The van der Waals surface area contributed by atoms with E-state index in [0.717, 1.165) is 12.5 Å². The molecule has 0 aromatic heterocycles. The van der Waals surface area contributed by atoms with Crippen LogP contribution in [0.1, 0.15) is 46.0 Å². The van der Waals surface area contributed by atoms with Crippen molar-refractivity contribution in [1.29, 1.82) is 0 Å². The number of hydrogen-bond donors (Lipinski definition) is 1. The Morgan fingerprint density at radius 3 is 2.65 bits per heavy atom. The Balaban J connectivity index is 1.61. The number of hydrogen-bond acceptors (Lipinski definition) is 1. The maximum atomic E-state index is 4.68. The van der Waals surface area contributed by atoms with E-state index in [9.17, 15) is 0 Å². The molecule has 3 fully saturated rings. The molecule has 2 saturated carbocycles. The van der Waals surface area contributed by atoms with E-state index in [1.807, 2.05) is 0 Å². The topological polar surface area (TPSA) is 27.6 Å². The highest BCUT2D eigenvalue weighted by Gasteiger charge is 2.44. The molecule has 17 heavy (non-hydrogen) atoms. The summed E-state index contributed by atoms with van der Waals surface area (Å²) in [6.45, 7) is 7.81. The molecule has 1 heterocycles. The molecule has 96 valence electrons. The highest BCUT2D eigenvalue weighted by molar-refractivity contribution is 5.81. The summed E-state index contributed by atoms with van der Waals surface area (Å²) in [5.74, 6) is 2.03. The third-order valence-electron chi connectivity index (χ3n) is 4.88. The fraction of sp³-hybridized carbons (Fsp3) is 0.929. The van der Waals surface area contributed by atoms with Crippen LogP contribution in [0, 0.1) is 11.3 Å². The van der Waals surface area contributed by atoms with Crippen LogP contribution >= 0.6 is 0 Å². The van der Waals surface area contributed by atoms with E-state index in [1.165, 1.54) is 51.2 Å². The summed E-state index contributed by atoms with van der Waals surface area (Å²) in [5.41, 5.74) is 0.672. The smallest absolute Gasteiger partial charge is 0.194 e. The normalized spacial score (nSPS) is 34.9. The van der Waals surface area contributed by atoms with Crippen LogP contribution in [0.3, 0.4) is 0 Å². The molecule has 2 aliphatic carbocycles. The van der Waals surface area contributed by atoms with Gasteiger partial charge in [0.25, 0.3) is 0 Å². The van der Waals surface area contributed by atoms with Gasteiger partial charge in [-0.25, -0.2) is 0 Å². The number of nitrogens with zero attached hydrogens (tertiary/aromatic N) is 2. The summed E-state index contributed by atoms with van der Waals surface area (Å²) in [5, 5.41) is 3.65. The van der Waals surface area contributed by atoms with Gasteiger partial charge in [0.1, 0.15) is 0 Å². The lowest BCUT2D eigenvalue weighted by atomic mass is 9.68. The van der Waals surface area contributed by atoms with E-state index in [4.69, 9.17) is 0 Å². The monoisotopic (exact) mass is 235 g/mol. The van der Waals surface area contributed by atoms with Crippen LogP contribution in [-0.2, 0) is 0 Å². The van der Waals surface area contributed by atoms with Gasteiger partial charge >= 0.3 is 0 Å². The molecule has 0 bridgehead atoms. The highest BCUT2D eigenvalue weighted by Crippen LogP contribution is 2.48. The molecule has 1 N–H and O–H groups in total. The summed E-state index contributed by atoms with van der Waals surface area (Å²) in [7, 11) is 0. The van der Waals surface area contributed by atoms with E-state index < -0.39 is 0 Å². The molecule has 1 aliphatic heterocycles. The predicted octanol–water partition coefficient (Wildman–Crippen LogP) is 2.24. The Morgan fingerprint density at radius 1 is 1.41 bits per heavy atom. The average molecular weight is 235 g/mol. The van der Waals surface area contributed by atoms with Crippen molar-refractivity contribution in [3.63, 3.8) is 0 Å². The van der Waals surface area contributed by atoms with Gasteiger partial charge in [-0.05, 0) is 43.9 Å². The molecule has 0 aromatic carbocycles. The summed E-state index contributed by atoms with van der Waals surface area (Å²) < 4.78 is 0. The zero-order valence-corrected chi connectivity index (χ0v) is 11.2. The second kappa shape index (κ2) is 4.18. The van der Waals surface area contributed by atoms with E-state index in [0.29, 0.717) is 11.5 Å². The molecule has 3 heteroatoms. The van der Waals surface area contributed by atoms with Crippen LogP contribution in [0.5, 0.6) is 0 Å². The third kappa shape index (κ3) is 2.16. The lowest BCUT2D eigenvalue weighted by molar-refractivity contribution is 0.151. The van der Waals surface area contributed by atoms with Crippen LogP contribution < -0.4 is 5.32 Å². The molecule has 0 radical (unpaired) electrons. The Bertz CT molecular complexity index is 319. The van der Waals surface area contributed by atoms with Crippen LogP contribution in [0.4, 0.5) is 0 Å². The zero-order chi connectivity index (χ0) is 11.9. The molecule has 2 unspecified atom stereocenters. The van der Waals surface area contributed by atoms with Crippen LogP contribution in [0.2, 0.25) is 0 Å². The summed E-state index contributed by atoms with van der Waals surface area (Å²) in [6.07, 6.45) is 7.05. The van der Waals surface area contributed by atoms with Gasteiger partial charge in [-0.1, -0.05) is 13.3 Å². The largest absolute Gasteiger partial charge is 0.353 e. The average Bonchev–Trinajstić information content (AvgIpc) is 2.81. The van der Waals surface area contributed by atoms with Gasteiger partial charge in [0.2, 0.25) is 0 Å². The first-order valence-electron chi connectivity index (χ1n) is 7.28. The standard InChI is InChI=1S/C14H25N3/c1-3-15-13(16-12-9-11(12)2)17-8-7-14(10-17)5-4-6-14/h11-12H,3-10H2,1-2H3,(H,15,16). The van der Waals surface area contributed by atoms with Crippen LogP contribution in [0.25, 0.3) is 0 Å². The van der Waals surface area contributed by atoms with E-state index in [2.05, 4.69) is 29.1 Å². The molecule has 1 spiro atoms. The second-order valence-electron chi connectivity index (χ2n) is 6.29. The number of rotatable bonds is 2. The Kier molecular flexibility index (Phi) is 2.80. The maximum Gasteiger partial charge on any atom is 0.194 e. The fourth-order valence-electron chi connectivity index (χ4n) is 3.28. The molecule has 1 saturated heterocycles. The Morgan fingerprint density at radius 2 is 2.18 bits per heavy atom. The minimum absolute atomic E-state index is 0.672. The zero-order valence-electron chi connectivity index (χ0n) is 11.2. The quantitative estimate of drug-likeness (QED) is 0.587. The summed E-state index contributed by atoms with van der Waals surface area (Å²) in [4.78, 5) is 7.18. The first-order valence-corrected chi connectivity index (χ1v) is 7.28. The van der Waals surface area contributed by atoms with Crippen molar-refractivity contribution in [3.8, 4) is 0 Å². The number of nitrogens with one attached hydrogen (secondary N) is 1. The van der Waals surface area contributed by atoms with Crippen molar-refractivity contribution in [3.05, 3.63) is 0 Å². The minimum Gasteiger partial charge on any atom is -0.353 e. The molecular formula is C14H25N3. The van der Waals surface area contributed by atoms with Gasteiger partial charge in [0, 0.05) is 25.7 Å². The minimum atomic E-state index is 0.672. The molecule has 3 nitrogen and oxygen atoms in total. The molecule has 2 atom stereocenters. The van der Waals surface area contributed by atoms with Gasteiger partial charge in [-0.15, -0.1) is 0 Å². The molecular weight excluding hydrogens is 210 g/mol. The van der Waals surface area contributed by atoms with Gasteiger partial charge < -0.3 is 10.2 Å². The van der Waals surface area contributed by atoms with Crippen molar-refractivity contribution in [1.82, 2.24) is 10.2 Å². The third-order valence-corrected chi connectivity index (χ3v) is 4.88. The fourth-order valence-corrected chi connectivity index (χ4v) is 3.28. The molecule has 0 aromatic rings. The first kappa shape index (κ1) is 11.4. The van der Waals surface area contributed by atoms with E-state index >= 15 is 0 Å². The Hall–Kier alpha value is -0.730. The molecule has 3 aliphatic rings. The van der Waals surface area contributed by atoms with Crippen molar-refractivity contribution < 1.29 is 0 Å². The maximum absolute atomic E-state index is 4.68. The van der Waals surface area contributed by atoms with Gasteiger partial charge in [0.05, 0.1) is 0 Å². The first-order chi connectivity index (χ1) is 8.22. The number of guanidine groups is 1. The van der Waals surface area contributed by atoms with Crippen molar-refractivity contribution in [2.75, 3.05) is 19.6 Å². The second-order valence-corrected chi connectivity index (χ2v) is 6.29. The lowest BCUT2D eigenvalue weighted by Gasteiger charge is -2.38. The lowest BCUT2D eigenvalue weighted by Crippen LogP contribution is -2.43. The van der Waals surface area contributed by atoms with E-state index in [1.54, 1.807) is 0 Å². The van der Waals surface area contributed by atoms with Gasteiger partial charge in [0.15, 0.2) is 5.96 Å². The highest BCUT2D eigenvalue weighted by atomic mass is 15.3. The van der Waals surface area contributed by atoms with Crippen molar-refractivity contribution >= 4 is 5.96 Å². The van der Waals surface area contributed by atoms with Gasteiger partial charge in [-0.2, -0.15) is 0 Å². The van der Waals surface area contributed by atoms with Crippen molar-refractivity contribution in [2.45, 2.75) is 52.0 Å².